The molecule has 4 heteroatoms. The average Bonchev–Trinajstić information content (AvgIpc) is 2.79. The van der Waals surface area contributed by atoms with Gasteiger partial charge in [0, 0.05) is 25.0 Å². The third kappa shape index (κ3) is 2.38. The monoisotopic (exact) mass is 252 g/mol. The molecule has 96 valence electrons. The lowest BCUT2D eigenvalue weighted by Crippen LogP contribution is -1.99. The van der Waals surface area contributed by atoms with Crippen molar-refractivity contribution < 1.29 is 0 Å². The number of nitrogen functional groups attached to an aromatic ring is 1. The Kier molecular flexibility index (Phi) is 2.83. The molecule has 0 aliphatic carbocycles. The number of nitrogens with two attached hydrogens (primary N) is 1. The second-order valence-electron chi connectivity index (χ2n) is 4.65. The molecule has 3 N–H and O–H groups in total. The largest absolute Gasteiger partial charge is 0.399 e. The minimum absolute atomic E-state index is 0.776. The Morgan fingerprint density at radius 2 is 1.95 bits per heavy atom. The smallest absolute Gasteiger partial charge is 0.0955 e. The molecule has 19 heavy (non-hydrogen) atoms. The molecule has 0 aliphatic rings. The fraction of sp³-hybridized carbons (Fsp3) is 0.133. The van der Waals surface area contributed by atoms with Gasteiger partial charge in [-0.1, -0.05) is 12.1 Å². The number of nitrogens with one attached hydrogen (secondary N) is 1. The predicted octanol–water partition coefficient (Wildman–Crippen LogP) is 2.77. The molecule has 0 radical (unpaired) electrons. The fourth-order valence-corrected chi connectivity index (χ4v) is 2.09. The van der Waals surface area contributed by atoms with Crippen LogP contribution in [-0.4, -0.2) is 9.55 Å². The molecule has 0 saturated heterocycles. The first-order valence-electron chi connectivity index (χ1n) is 6.22. The summed E-state index contributed by atoms with van der Waals surface area (Å²) in [4.78, 5) is 4.35. The van der Waals surface area contributed by atoms with E-state index in [9.17, 15) is 0 Å². The first-order valence-corrected chi connectivity index (χ1v) is 6.22. The van der Waals surface area contributed by atoms with Crippen molar-refractivity contribution in [2.24, 2.45) is 7.05 Å². The SMILES string of the molecule is Cn1cnc2cc(NCc3ccc(N)cc3)ccc21. The molecule has 0 amide bonds. The van der Waals surface area contributed by atoms with Gasteiger partial charge in [-0.3, -0.25) is 0 Å². The summed E-state index contributed by atoms with van der Waals surface area (Å²) in [5, 5.41) is 3.39. The summed E-state index contributed by atoms with van der Waals surface area (Å²) >= 11 is 0. The topological polar surface area (TPSA) is 55.9 Å². The maximum absolute atomic E-state index is 5.67. The van der Waals surface area contributed by atoms with Gasteiger partial charge in [-0.05, 0) is 35.9 Å². The third-order valence-electron chi connectivity index (χ3n) is 3.20. The third-order valence-corrected chi connectivity index (χ3v) is 3.20. The second kappa shape index (κ2) is 4.65. The highest BCUT2D eigenvalue weighted by molar-refractivity contribution is 5.79. The van der Waals surface area contributed by atoms with Crippen molar-refractivity contribution in [1.82, 2.24) is 9.55 Å². The zero-order chi connectivity index (χ0) is 13.2. The molecule has 2 aromatic carbocycles. The summed E-state index contributed by atoms with van der Waals surface area (Å²) < 4.78 is 2.01. The van der Waals surface area contributed by atoms with Crippen molar-refractivity contribution in [3.8, 4) is 0 Å². The molecule has 3 aromatic rings. The summed E-state index contributed by atoms with van der Waals surface area (Å²) in [6.45, 7) is 0.776. The van der Waals surface area contributed by atoms with Gasteiger partial charge in [0.2, 0.25) is 0 Å². The second-order valence-corrected chi connectivity index (χ2v) is 4.65. The number of hydrogen-bond donors (Lipinski definition) is 2. The lowest BCUT2D eigenvalue weighted by molar-refractivity contribution is 0.947. The first kappa shape index (κ1) is 11.6. The molecule has 1 aromatic heterocycles. The van der Waals surface area contributed by atoms with Gasteiger partial charge >= 0.3 is 0 Å². The number of rotatable bonds is 3. The zero-order valence-electron chi connectivity index (χ0n) is 10.8. The van der Waals surface area contributed by atoms with Crippen molar-refractivity contribution in [2.75, 3.05) is 11.1 Å². The minimum atomic E-state index is 0.776. The zero-order valence-corrected chi connectivity index (χ0v) is 10.8. The summed E-state index contributed by atoms with van der Waals surface area (Å²) in [6, 6.07) is 14.1. The summed E-state index contributed by atoms with van der Waals surface area (Å²) in [6.07, 6.45) is 1.83. The molecule has 3 rings (SSSR count). The van der Waals surface area contributed by atoms with Crippen LogP contribution in [0.2, 0.25) is 0 Å². The van der Waals surface area contributed by atoms with E-state index in [1.165, 1.54) is 5.56 Å². The van der Waals surface area contributed by atoms with Crippen LogP contribution in [0.3, 0.4) is 0 Å². The van der Waals surface area contributed by atoms with E-state index in [0.29, 0.717) is 0 Å². The molecule has 0 spiro atoms. The molecule has 1 heterocycles. The van der Waals surface area contributed by atoms with Crippen LogP contribution in [0, 0.1) is 0 Å². The Morgan fingerprint density at radius 1 is 1.16 bits per heavy atom. The van der Waals surface area contributed by atoms with Crippen molar-refractivity contribution in [3.63, 3.8) is 0 Å². The number of imidazole rings is 1. The van der Waals surface area contributed by atoms with E-state index in [2.05, 4.69) is 28.5 Å². The normalized spacial score (nSPS) is 10.8. The Labute approximate surface area is 111 Å². The van der Waals surface area contributed by atoms with Gasteiger partial charge in [-0.25, -0.2) is 4.98 Å². The van der Waals surface area contributed by atoms with Crippen LogP contribution in [0.25, 0.3) is 11.0 Å². The van der Waals surface area contributed by atoms with E-state index >= 15 is 0 Å². The lowest BCUT2D eigenvalue weighted by Gasteiger charge is -2.07. The number of aromatic nitrogens is 2. The van der Waals surface area contributed by atoms with E-state index in [0.717, 1.165) is 29.0 Å². The maximum atomic E-state index is 5.67. The van der Waals surface area contributed by atoms with E-state index < -0.39 is 0 Å². The van der Waals surface area contributed by atoms with Crippen LogP contribution in [0.4, 0.5) is 11.4 Å². The number of anilines is 2. The number of nitrogens with zero attached hydrogens (tertiary/aromatic N) is 2. The Balaban J connectivity index is 1.76. The summed E-state index contributed by atoms with van der Waals surface area (Å²) in [7, 11) is 2.00. The summed E-state index contributed by atoms with van der Waals surface area (Å²) in [5.74, 6) is 0. The van der Waals surface area contributed by atoms with E-state index in [4.69, 9.17) is 5.73 Å². The first-order chi connectivity index (χ1) is 9.22. The van der Waals surface area contributed by atoms with E-state index in [1.807, 2.05) is 42.2 Å². The molecule has 0 atom stereocenters. The Hall–Kier alpha value is -2.49. The molecular formula is C15H16N4. The molecule has 0 unspecified atom stereocenters. The standard InChI is InChI=1S/C15H16N4/c1-19-10-18-14-8-13(6-7-15(14)19)17-9-11-2-4-12(16)5-3-11/h2-8,10,17H,9,16H2,1H3. The van der Waals surface area contributed by atoms with Crippen LogP contribution in [-0.2, 0) is 13.6 Å². The quantitative estimate of drug-likeness (QED) is 0.705. The van der Waals surface area contributed by atoms with Crippen molar-refractivity contribution in [2.45, 2.75) is 6.54 Å². The maximum Gasteiger partial charge on any atom is 0.0955 e. The van der Waals surface area contributed by atoms with Crippen molar-refractivity contribution in [3.05, 3.63) is 54.4 Å². The van der Waals surface area contributed by atoms with Gasteiger partial charge in [-0.2, -0.15) is 0 Å². The van der Waals surface area contributed by atoms with Crippen LogP contribution in [0.15, 0.2) is 48.8 Å². The molecule has 0 bridgehead atoms. The number of aryl methyl sites for hydroxylation is 1. The molecule has 0 aliphatic heterocycles. The van der Waals surface area contributed by atoms with E-state index in [-0.39, 0.29) is 0 Å². The highest BCUT2D eigenvalue weighted by Crippen LogP contribution is 2.18. The van der Waals surface area contributed by atoms with Gasteiger partial charge in [0.25, 0.3) is 0 Å². The Bertz CT molecular complexity index is 698. The predicted molar refractivity (Wildman–Crippen MR) is 78.9 cm³/mol. The molecule has 0 fully saturated rings. The van der Waals surface area contributed by atoms with Crippen LogP contribution in [0.1, 0.15) is 5.56 Å². The minimum Gasteiger partial charge on any atom is -0.399 e. The number of fused-ring (bicyclic) bond motifs is 1. The van der Waals surface area contributed by atoms with Gasteiger partial charge in [-0.15, -0.1) is 0 Å². The average molecular weight is 252 g/mol. The highest BCUT2D eigenvalue weighted by atomic mass is 15.0. The highest BCUT2D eigenvalue weighted by Gasteiger charge is 2.01. The Morgan fingerprint density at radius 3 is 2.74 bits per heavy atom. The van der Waals surface area contributed by atoms with Crippen molar-refractivity contribution in [1.29, 1.82) is 0 Å². The van der Waals surface area contributed by atoms with Gasteiger partial charge in [0.1, 0.15) is 0 Å². The number of hydrogen-bond acceptors (Lipinski definition) is 3. The molecule has 0 saturated carbocycles. The van der Waals surface area contributed by atoms with E-state index in [1.54, 1.807) is 0 Å². The van der Waals surface area contributed by atoms with Gasteiger partial charge in [0.05, 0.1) is 17.4 Å². The van der Waals surface area contributed by atoms with Gasteiger partial charge in [0.15, 0.2) is 0 Å². The number of benzene rings is 2. The van der Waals surface area contributed by atoms with Crippen LogP contribution < -0.4 is 11.1 Å². The van der Waals surface area contributed by atoms with Crippen LogP contribution >= 0.6 is 0 Å². The van der Waals surface area contributed by atoms with Crippen LogP contribution in [0.5, 0.6) is 0 Å². The molecular weight excluding hydrogens is 236 g/mol. The summed E-state index contributed by atoms with van der Waals surface area (Å²) in [5.41, 5.74) is 10.9. The van der Waals surface area contributed by atoms with Gasteiger partial charge < -0.3 is 15.6 Å². The lowest BCUT2D eigenvalue weighted by atomic mass is 10.2. The van der Waals surface area contributed by atoms with Crippen molar-refractivity contribution >= 4 is 22.4 Å². The fourth-order valence-electron chi connectivity index (χ4n) is 2.09. The molecule has 4 nitrogen and oxygen atoms in total.